The molecule has 3 rings (SSSR count). The molecule has 6 nitrogen and oxygen atoms in total. The van der Waals surface area contributed by atoms with Crippen LogP contribution in [-0.4, -0.2) is 57.5 Å². The molecule has 7 heteroatoms. The Labute approximate surface area is 173 Å². The summed E-state index contributed by atoms with van der Waals surface area (Å²) in [6.07, 6.45) is 0.540. The number of sulfonamides is 1. The van der Waals surface area contributed by atoms with Crippen LogP contribution in [0.3, 0.4) is 0 Å². The van der Waals surface area contributed by atoms with Gasteiger partial charge in [-0.05, 0) is 24.6 Å². The third-order valence-electron chi connectivity index (χ3n) is 5.37. The van der Waals surface area contributed by atoms with Gasteiger partial charge >= 0.3 is 0 Å². The van der Waals surface area contributed by atoms with E-state index >= 15 is 0 Å². The van der Waals surface area contributed by atoms with Gasteiger partial charge in [-0.3, -0.25) is 9.80 Å². The van der Waals surface area contributed by atoms with E-state index in [0.717, 1.165) is 43.9 Å². The normalized spacial score (nSPS) is 17.0. The van der Waals surface area contributed by atoms with Gasteiger partial charge in [0, 0.05) is 51.7 Å². The van der Waals surface area contributed by atoms with E-state index in [9.17, 15) is 8.42 Å². The Bertz CT molecular complexity index is 916. The van der Waals surface area contributed by atoms with Crippen LogP contribution in [0, 0.1) is 18.3 Å². The van der Waals surface area contributed by atoms with E-state index in [0.29, 0.717) is 13.0 Å². The number of nitriles is 1. The summed E-state index contributed by atoms with van der Waals surface area (Å²) in [5.74, 6) is 0. The van der Waals surface area contributed by atoms with Gasteiger partial charge in [0.05, 0.1) is 11.0 Å². The number of rotatable bonds is 8. The molecule has 1 N–H and O–H groups in total. The molecule has 1 atom stereocenters. The quantitative estimate of drug-likeness (QED) is 0.721. The molecule has 1 aliphatic heterocycles. The molecule has 0 aliphatic carbocycles. The van der Waals surface area contributed by atoms with E-state index in [1.165, 1.54) is 0 Å². The van der Waals surface area contributed by atoms with Gasteiger partial charge in [-0.2, -0.15) is 5.26 Å². The van der Waals surface area contributed by atoms with Crippen LogP contribution in [0.1, 0.15) is 23.6 Å². The minimum atomic E-state index is -3.56. The molecule has 154 valence electrons. The molecule has 2 aromatic carbocycles. The van der Waals surface area contributed by atoms with Crippen molar-refractivity contribution in [1.82, 2.24) is 14.5 Å². The summed E-state index contributed by atoms with van der Waals surface area (Å²) in [6, 6.07) is 19.1. The molecule has 0 bridgehead atoms. The first-order chi connectivity index (χ1) is 14.0. The van der Waals surface area contributed by atoms with Crippen molar-refractivity contribution in [3.8, 4) is 6.07 Å². The number of nitrogens with one attached hydrogen (secondary N) is 1. The van der Waals surface area contributed by atoms with E-state index in [2.05, 4.69) is 20.6 Å². The molecule has 2 aromatic rings. The molecule has 0 radical (unpaired) electrons. The van der Waals surface area contributed by atoms with Crippen LogP contribution in [0.25, 0.3) is 0 Å². The van der Waals surface area contributed by atoms with Gasteiger partial charge in [-0.15, -0.1) is 0 Å². The Balaban J connectivity index is 1.70. The Morgan fingerprint density at radius 2 is 1.69 bits per heavy atom. The Hall–Kier alpha value is -2.24. The lowest BCUT2D eigenvalue weighted by molar-refractivity contribution is 0.0984. The topological polar surface area (TPSA) is 76.4 Å². The maximum atomic E-state index is 12.8. The number of piperazine rings is 1. The molecule has 0 spiro atoms. The largest absolute Gasteiger partial charge is 0.300 e. The summed E-state index contributed by atoms with van der Waals surface area (Å²) in [5, 5.41) is 8.79. The summed E-state index contributed by atoms with van der Waals surface area (Å²) in [4.78, 5) is 4.91. The average Bonchev–Trinajstić information content (AvgIpc) is 2.74. The second-order valence-corrected chi connectivity index (χ2v) is 9.14. The number of nitrogens with zero attached hydrogens (tertiary/aromatic N) is 3. The van der Waals surface area contributed by atoms with E-state index in [4.69, 9.17) is 5.26 Å². The first-order valence-corrected chi connectivity index (χ1v) is 11.4. The van der Waals surface area contributed by atoms with Gasteiger partial charge < -0.3 is 0 Å². The monoisotopic (exact) mass is 412 g/mol. The maximum Gasteiger partial charge on any atom is 0.240 e. The average molecular weight is 413 g/mol. The predicted molar refractivity (Wildman–Crippen MR) is 114 cm³/mol. The highest BCUT2D eigenvalue weighted by atomic mass is 32.2. The Morgan fingerprint density at radius 1 is 1.03 bits per heavy atom. The molecule has 29 heavy (non-hydrogen) atoms. The Kier molecular flexibility index (Phi) is 7.40. The highest BCUT2D eigenvalue weighted by Crippen LogP contribution is 2.22. The predicted octanol–water partition coefficient (Wildman–Crippen LogP) is 2.55. The fourth-order valence-corrected chi connectivity index (χ4v) is 4.67. The minimum absolute atomic E-state index is 0.0328. The van der Waals surface area contributed by atoms with Crippen LogP contribution in [0.2, 0.25) is 0 Å². The highest BCUT2D eigenvalue weighted by molar-refractivity contribution is 7.89. The van der Waals surface area contributed by atoms with Gasteiger partial charge in [-0.1, -0.05) is 48.0 Å². The molecule has 0 amide bonds. The first kappa shape index (κ1) is 21.5. The van der Waals surface area contributed by atoms with Crippen LogP contribution in [0.5, 0.6) is 0 Å². The third-order valence-corrected chi connectivity index (χ3v) is 6.81. The van der Waals surface area contributed by atoms with Crippen molar-refractivity contribution in [3.63, 3.8) is 0 Å². The fraction of sp³-hybridized carbons (Fsp3) is 0.409. The van der Waals surface area contributed by atoms with E-state index in [1.807, 2.05) is 49.4 Å². The van der Waals surface area contributed by atoms with Crippen molar-refractivity contribution in [1.29, 1.82) is 5.26 Å². The highest BCUT2D eigenvalue weighted by Gasteiger charge is 2.26. The van der Waals surface area contributed by atoms with Gasteiger partial charge in [-0.25, -0.2) is 13.1 Å². The molecule has 1 fully saturated rings. The lowest BCUT2D eigenvalue weighted by Gasteiger charge is -2.39. The standard InChI is InChI=1S/C22H28N4O2S/c1-19-8-10-21(11-9-19)29(27,28)24-18-22(20-6-3-2-4-7-20)26-16-14-25(15-17-26)13-5-12-23/h2-4,6-11,22,24H,5,13-18H2,1H3/t22-/m1/s1. The number of hydrogen-bond acceptors (Lipinski definition) is 5. The second kappa shape index (κ2) is 9.99. The van der Waals surface area contributed by atoms with Crippen molar-refractivity contribution in [2.45, 2.75) is 24.3 Å². The van der Waals surface area contributed by atoms with Crippen LogP contribution in [0.4, 0.5) is 0 Å². The molecule has 1 aliphatic rings. The van der Waals surface area contributed by atoms with Crippen LogP contribution < -0.4 is 4.72 Å². The summed E-state index contributed by atoms with van der Waals surface area (Å²) < 4.78 is 28.3. The molecular weight excluding hydrogens is 384 g/mol. The lowest BCUT2D eigenvalue weighted by atomic mass is 10.0. The number of hydrogen-bond donors (Lipinski definition) is 1. The zero-order valence-corrected chi connectivity index (χ0v) is 17.6. The lowest BCUT2D eigenvalue weighted by Crippen LogP contribution is -2.49. The molecule has 0 aromatic heterocycles. The van der Waals surface area contributed by atoms with E-state index < -0.39 is 10.0 Å². The zero-order chi connectivity index (χ0) is 20.7. The molecule has 1 heterocycles. The number of aryl methyl sites for hydroxylation is 1. The van der Waals surface area contributed by atoms with Crippen molar-refractivity contribution in [3.05, 3.63) is 65.7 Å². The van der Waals surface area contributed by atoms with Crippen molar-refractivity contribution >= 4 is 10.0 Å². The summed E-state index contributed by atoms with van der Waals surface area (Å²) in [7, 11) is -3.56. The van der Waals surface area contributed by atoms with Gasteiger partial charge in [0.2, 0.25) is 10.0 Å². The minimum Gasteiger partial charge on any atom is -0.300 e. The third kappa shape index (κ3) is 5.87. The maximum absolute atomic E-state index is 12.8. The summed E-state index contributed by atoms with van der Waals surface area (Å²) in [6.45, 7) is 6.50. The van der Waals surface area contributed by atoms with Crippen molar-refractivity contribution in [2.75, 3.05) is 39.3 Å². The SMILES string of the molecule is Cc1ccc(S(=O)(=O)NC[C@H](c2ccccc2)N2CCN(CCC#N)CC2)cc1. The zero-order valence-electron chi connectivity index (χ0n) is 16.8. The van der Waals surface area contributed by atoms with Gasteiger partial charge in [0.1, 0.15) is 0 Å². The van der Waals surface area contributed by atoms with E-state index in [1.54, 1.807) is 12.1 Å². The Morgan fingerprint density at radius 3 is 2.31 bits per heavy atom. The molecule has 1 saturated heterocycles. The van der Waals surface area contributed by atoms with Gasteiger partial charge in [0.25, 0.3) is 0 Å². The second-order valence-electron chi connectivity index (χ2n) is 7.38. The summed E-state index contributed by atoms with van der Waals surface area (Å²) >= 11 is 0. The smallest absolute Gasteiger partial charge is 0.240 e. The van der Waals surface area contributed by atoms with Crippen molar-refractivity contribution < 1.29 is 8.42 Å². The number of benzene rings is 2. The molecule has 0 saturated carbocycles. The van der Waals surface area contributed by atoms with Crippen molar-refractivity contribution in [2.24, 2.45) is 0 Å². The first-order valence-electron chi connectivity index (χ1n) is 9.94. The van der Waals surface area contributed by atoms with Crippen LogP contribution in [0.15, 0.2) is 59.5 Å². The van der Waals surface area contributed by atoms with Gasteiger partial charge in [0.15, 0.2) is 0 Å². The molecule has 0 unspecified atom stereocenters. The van der Waals surface area contributed by atoms with Crippen LogP contribution in [-0.2, 0) is 10.0 Å². The van der Waals surface area contributed by atoms with Crippen LogP contribution >= 0.6 is 0 Å². The fourth-order valence-electron chi connectivity index (χ4n) is 3.63. The molecular formula is C22H28N4O2S. The summed E-state index contributed by atoms with van der Waals surface area (Å²) in [5.41, 5.74) is 2.13. The van der Waals surface area contributed by atoms with E-state index in [-0.39, 0.29) is 10.9 Å².